The third-order valence-electron chi connectivity index (χ3n) is 5.24. The molecule has 1 fully saturated rings. The molecule has 0 aromatic heterocycles. The molecule has 1 saturated carbocycles. The monoisotopic (exact) mass is 321 g/mol. The Morgan fingerprint density at radius 3 is 2.71 bits per heavy atom. The first-order chi connectivity index (χ1) is 11.7. The molecule has 0 radical (unpaired) electrons. The Morgan fingerprint density at radius 1 is 1.08 bits per heavy atom. The number of aryl methyl sites for hydroxylation is 1. The van der Waals surface area contributed by atoms with Crippen LogP contribution in [0.1, 0.15) is 48.3 Å². The fourth-order valence-electron chi connectivity index (χ4n) is 3.90. The number of nitrogens with one attached hydrogen (secondary N) is 1. The summed E-state index contributed by atoms with van der Waals surface area (Å²) in [7, 11) is 0. The molecule has 1 aliphatic carbocycles. The zero-order valence-corrected chi connectivity index (χ0v) is 14.0. The van der Waals surface area contributed by atoms with Crippen molar-refractivity contribution >= 4 is 11.6 Å². The molecule has 2 aromatic carbocycles. The molecule has 2 aliphatic rings. The minimum absolute atomic E-state index is 0.0926. The number of hydrogen-bond donors (Lipinski definition) is 1. The zero-order chi connectivity index (χ0) is 16.5. The maximum Gasteiger partial charge on any atom is 0.232 e. The number of carbonyl (C=O) groups excluding carboxylic acids is 1. The molecule has 3 nitrogen and oxygen atoms in total. The first-order valence-corrected chi connectivity index (χ1v) is 8.87. The molecule has 24 heavy (non-hydrogen) atoms. The van der Waals surface area contributed by atoms with Crippen LogP contribution in [0.3, 0.4) is 0 Å². The summed E-state index contributed by atoms with van der Waals surface area (Å²) in [5.41, 5.74) is 4.34. The van der Waals surface area contributed by atoms with E-state index in [1.165, 1.54) is 12.8 Å². The van der Waals surface area contributed by atoms with E-state index in [0.29, 0.717) is 12.5 Å². The van der Waals surface area contributed by atoms with Gasteiger partial charge in [0, 0.05) is 5.69 Å². The number of ether oxygens (including phenoxy) is 1. The minimum atomic E-state index is -0.131. The van der Waals surface area contributed by atoms with Gasteiger partial charge in [-0.15, -0.1) is 0 Å². The molecule has 2 aromatic rings. The van der Waals surface area contributed by atoms with Gasteiger partial charge in [-0.05, 0) is 61.8 Å². The molecule has 0 bridgehead atoms. The fourth-order valence-corrected chi connectivity index (χ4v) is 3.90. The zero-order valence-electron chi connectivity index (χ0n) is 14.0. The normalized spacial score (nSPS) is 20.0. The van der Waals surface area contributed by atoms with Gasteiger partial charge in [-0.2, -0.15) is 0 Å². The van der Waals surface area contributed by atoms with Crippen LogP contribution in [0.15, 0.2) is 42.5 Å². The lowest BCUT2D eigenvalue weighted by molar-refractivity contribution is -0.117. The molecule has 0 unspecified atom stereocenters. The number of rotatable bonds is 4. The highest BCUT2D eigenvalue weighted by molar-refractivity contribution is 6.03. The molecule has 0 saturated heterocycles. The first-order valence-electron chi connectivity index (χ1n) is 8.87. The van der Waals surface area contributed by atoms with Crippen molar-refractivity contribution in [2.24, 2.45) is 0 Å². The first kappa shape index (κ1) is 15.3. The van der Waals surface area contributed by atoms with Gasteiger partial charge >= 0.3 is 0 Å². The third kappa shape index (κ3) is 2.79. The molecule has 124 valence electrons. The van der Waals surface area contributed by atoms with Crippen molar-refractivity contribution in [2.75, 3.05) is 5.32 Å². The summed E-state index contributed by atoms with van der Waals surface area (Å²) >= 11 is 0. The summed E-state index contributed by atoms with van der Waals surface area (Å²) < 4.78 is 6.23. The van der Waals surface area contributed by atoms with Crippen LogP contribution in [0, 0.1) is 6.92 Å². The maximum atomic E-state index is 12.5. The lowest BCUT2D eigenvalue weighted by Crippen LogP contribution is -2.16. The highest BCUT2D eigenvalue weighted by atomic mass is 16.5. The molecule has 3 heteroatoms. The van der Waals surface area contributed by atoms with Gasteiger partial charge in [-0.3, -0.25) is 4.79 Å². The predicted molar refractivity (Wildman–Crippen MR) is 95.6 cm³/mol. The molecule has 1 N–H and O–H groups in total. The predicted octanol–water partition coefficient (Wildman–Crippen LogP) is 4.59. The lowest BCUT2D eigenvalue weighted by atomic mass is 9.92. The van der Waals surface area contributed by atoms with E-state index in [0.717, 1.165) is 41.0 Å². The summed E-state index contributed by atoms with van der Waals surface area (Å²) in [5, 5.41) is 3.05. The number of benzene rings is 2. The van der Waals surface area contributed by atoms with Gasteiger partial charge < -0.3 is 10.1 Å². The van der Waals surface area contributed by atoms with Gasteiger partial charge in [0.2, 0.25) is 5.91 Å². The minimum Gasteiger partial charge on any atom is -0.490 e. The number of carbonyl (C=O) groups is 1. The average Bonchev–Trinajstić information content (AvgIpc) is 3.19. The van der Waals surface area contributed by atoms with Gasteiger partial charge in [-0.25, -0.2) is 0 Å². The van der Waals surface area contributed by atoms with Gasteiger partial charge in [-0.1, -0.05) is 36.4 Å². The third-order valence-corrected chi connectivity index (χ3v) is 5.24. The highest BCUT2D eigenvalue weighted by Crippen LogP contribution is 2.38. The second kappa shape index (κ2) is 6.31. The van der Waals surface area contributed by atoms with Crippen LogP contribution in [0.25, 0.3) is 0 Å². The molecule has 1 heterocycles. The van der Waals surface area contributed by atoms with E-state index in [-0.39, 0.29) is 11.8 Å². The van der Waals surface area contributed by atoms with E-state index in [4.69, 9.17) is 4.74 Å². The van der Waals surface area contributed by atoms with Crippen LogP contribution in [0.2, 0.25) is 0 Å². The highest BCUT2D eigenvalue weighted by Gasteiger charge is 2.32. The summed E-state index contributed by atoms with van der Waals surface area (Å²) in [6, 6.07) is 14.3. The van der Waals surface area contributed by atoms with Crippen molar-refractivity contribution in [3.8, 4) is 5.75 Å². The number of amides is 1. The SMILES string of the molecule is Cc1cccc2c1NC(=O)[C@H]2Cc1ccccc1OC1CCCC1. The van der Waals surface area contributed by atoms with E-state index < -0.39 is 0 Å². The van der Waals surface area contributed by atoms with Crippen LogP contribution in [0.4, 0.5) is 5.69 Å². The van der Waals surface area contributed by atoms with Gasteiger partial charge in [0.25, 0.3) is 0 Å². The average molecular weight is 321 g/mol. The summed E-state index contributed by atoms with van der Waals surface area (Å²) in [6.07, 6.45) is 5.80. The molecule has 1 atom stereocenters. The Kier molecular flexibility index (Phi) is 4.01. The van der Waals surface area contributed by atoms with Crippen LogP contribution in [0.5, 0.6) is 5.75 Å². The van der Waals surface area contributed by atoms with Crippen molar-refractivity contribution < 1.29 is 9.53 Å². The van der Waals surface area contributed by atoms with Crippen LogP contribution in [-0.4, -0.2) is 12.0 Å². The maximum absolute atomic E-state index is 12.5. The van der Waals surface area contributed by atoms with Crippen molar-refractivity contribution in [2.45, 2.75) is 51.0 Å². The van der Waals surface area contributed by atoms with E-state index in [9.17, 15) is 4.79 Å². The Bertz CT molecular complexity index is 762. The molecular formula is C21H23NO2. The Morgan fingerprint density at radius 2 is 1.88 bits per heavy atom. The Labute approximate surface area is 143 Å². The molecule has 1 amide bonds. The van der Waals surface area contributed by atoms with Crippen molar-refractivity contribution in [3.05, 3.63) is 59.2 Å². The van der Waals surface area contributed by atoms with Crippen molar-refractivity contribution in [1.29, 1.82) is 0 Å². The lowest BCUT2D eigenvalue weighted by Gasteiger charge is -2.18. The van der Waals surface area contributed by atoms with Crippen LogP contribution < -0.4 is 10.1 Å². The van der Waals surface area contributed by atoms with Crippen molar-refractivity contribution in [1.82, 2.24) is 0 Å². The van der Waals surface area contributed by atoms with E-state index in [1.54, 1.807) is 0 Å². The second-order valence-corrected chi connectivity index (χ2v) is 6.92. The molecule has 0 spiro atoms. The Hall–Kier alpha value is -2.29. The largest absolute Gasteiger partial charge is 0.490 e. The molecular weight excluding hydrogens is 298 g/mol. The van der Waals surface area contributed by atoms with Gasteiger partial charge in [0.05, 0.1) is 12.0 Å². The van der Waals surface area contributed by atoms with E-state index >= 15 is 0 Å². The number of hydrogen-bond acceptors (Lipinski definition) is 2. The number of anilines is 1. The van der Waals surface area contributed by atoms with Gasteiger partial charge in [0.15, 0.2) is 0 Å². The fraction of sp³-hybridized carbons (Fsp3) is 0.381. The summed E-state index contributed by atoms with van der Waals surface area (Å²) in [6.45, 7) is 2.04. The van der Waals surface area contributed by atoms with E-state index in [1.807, 2.05) is 37.3 Å². The van der Waals surface area contributed by atoms with Gasteiger partial charge in [0.1, 0.15) is 5.75 Å². The smallest absolute Gasteiger partial charge is 0.232 e. The number of para-hydroxylation sites is 2. The summed E-state index contributed by atoms with van der Waals surface area (Å²) in [4.78, 5) is 12.5. The van der Waals surface area contributed by atoms with Crippen LogP contribution in [-0.2, 0) is 11.2 Å². The van der Waals surface area contributed by atoms with Crippen LogP contribution >= 0.6 is 0 Å². The molecule has 4 rings (SSSR count). The molecule has 1 aliphatic heterocycles. The summed E-state index contributed by atoms with van der Waals surface area (Å²) in [5.74, 6) is 0.904. The second-order valence-electron chi connectivity index (χ2n) is 6.92. The Balaban J connectivity index is 1.60. The quantitative estimate of drug-likeness (QED) is 0.894. The van der Waals surface area contributed by atoms with Crippen molar-refractivity contribution in [3.63, 3.8) is 0 Å². The topological polar surface area (TPSA) is 38.3 Å². The van der Waals surface area contributed by atoms with E-state index in [2.05, 4.69) is 17.4 Å². The number of fused-ring (bicyclic) bond motifs is 1. The standard InChI is InChI=1S/C21H23NO2/c1-14-7-6-11-17-18(21(23)22-20(14)17)13-15-8-2-5-12-19(15)24-16-9-3-4-10-16/h2,5-8,11-12,16,18H,3-4,9-10,13H2,1H3,(H,22,23)/t18-/m0/s1.